The van der Waals surface area contributed by atoms with E-state index in [1.54, 1.807) is 4.57 Å². The van der Waals surface area contributed by atoms with Gasteiger partial charge in [-0.1, -0.05) is 181 Å². The van der Waals surface area contributed by atoms with Crippen molar-refractivity contribution in [3.8, 4) is 0 Å². The van der Waals surface area contributed by atoms with Crippen LogP contribution in [0.25, 0.3) is 11.2 Å². The predicted molar refractivity (Wildman–Crippen MR) is 247 cm³/mol. The van der Waals surface area contributed by atoms with Crippen LogP contribution in [0.15, 0.2) is 12.7 Å². The van der Waals surface area contributed by atoms with Gasteiger partial charge in [0.2, 0.25) is 0 Å². The average Bonchev–Trinajstić information content (AvgIpc) is 3.88. The molecule has 0 bridgehead atoms. The van der Waals surface area contributed by atoms with Crippen LogP contribution in [0, 0.1) is 0 Å². The second kappa shape index (κ2) is 35.5. The van der Waals surface area contributed by atoms with Crippen LogP contribution in [0.1, 0.15) is 219 Å². The van der Waals surface area contributed by atoms with Gasteiger partial charge in [0.15, 0.2) is 17.7 Å². The molecule has 1 unspecified atom stereocenters. The van der Waals surface area contributed by atoms with Crippen LogP contribution in [0.2, 0.25) is 0 Å². The van der Waals surface area contributed by atoms with E-state index in [0.29, 0.717) is 31.0 Å². The predicted octanol–water partition coefficient (Wildman–Crippen LogP) is 11.3. The van der Waals surface area contributed by atoms with E-state index in [2.05, 4.69) is 28.8 Å². The number of nitrogens with two attached hydrogens (primary N) is 1. The molecule has 1 fully saturated rings. The summed E-state index contributed by atoms with van der Waals surface area (Å²) < 4.78 is 30.7. The van der Waals surface area contributed by atoms with Gasteiger partial charge in [0.1, 0.15) is 37.3 Å². The molecule has 3 heterocycles. The Morgan fingerprint density at radius 3 is 1.69 bits per heavy atom. The lowest BCUT2D eigenvalue weighted by Gasteiger charge is -2.18. The molecule has 4 atom stereocenters. The second-order valence-corrected chi connectivity index (χ2v) is 17.7. The third kappa shape index (κ3) is 24.3. The number of nitrogen functional groups attached to an aromatic ring is 1. The third-order valence-electron chi connectivity index (χ3n) is 12.0. The molecule has 0 aliphatic carbocycles. The first-order valence-electron chi connectivity index (χ1n) is 25.2. The molecule has 13 heteroatoms. The number of aromatic nitrogens is 4. The van der Waals surface area contributed by atoms with Crippen LogP contribution in [0.4, 0.5) is 5.82 Å². The molecule has 1 aliphatic heterocycles. The first kappa shape index (κ1) is 53.5. The first-order valence-corrected chi connectivity index (χ1v) is 25.2. The monoisotopic (exact) mass is 874 g/mol. The summed E-state index contributed by atoms with van der Waals surface area (Å²) in [6, 6.07) is 0. The highest BCUT2D eigenvalue weighted by Crippen LogP contribution is 2.31. The lowest BCUT2D eigenvalue weighted by molar-refractivity contribution is -0.155. The van der Waals surface area contributed by atoms with Gasteiger partial charge in [-0.2, -0.15) is 0 Å². The van der Waals surface area contributed by atoms with Crippen LogP contribution < -0.4 is 5.73 Å². The lowest BCUT2D eigenvalue weighted by Crippen LogP contribution is -2.28. The SMILES string of the molecule is CCCCCCCCCCCCCCCCOCC(COC(=O)CCC(=O)OC[C@@H]1C[C@@H](O)[C@H](n2cnc3c(N)ncnc32)O1)OCCCCCCCCCCCCCCCC. The molecular weight excluding hydrogens is 787 g/mol. The fourth-order valence-corrected chi connectivity index (χ4v) is 8.17. The fourth-order valence-electron chi connectivity index (χ4n) is 8.17. The maximum Gasteiger partial charge on any atom is 0.306 e. The van der Waals surface area contributed by atoms with E-state index in [-0.39, 0.29) is 44.4 Å². The van der Waals surface area contributed by atoms with E-state index >= 15 is 0 Å². The number of esters is 2. The zero-order valence-corrected chi connectivity index (χ0v) is 39.1. The molecule has 1 aliphatic rings. The number of hydrogen-bond acceptors (Lipinski definition) is 12. The number of nitrogens with zero attached hydrogens (tertiary/aromatic N) is 4. The summed E-state index contributed by atoms with van der Waals surface area (Å²) in [5.74, 6) is -0.795. The Morgan fingerprint density at radius 2 is 1.16 bits per heavy atom. The normalized spacial score (nSPS) is 16.9. The summed E-state index contributed by atoms with van der Waals surface area (Å²) in [6.07, 6.45) is 37.0. The van der Waals surface area contributed by atoms with Crippen molar-refractivity contribution >= 4 is 28.9 Å². The molecule has 1 saturated heterocycles. The average molecular weight is 874 g/mol. The van der Waals surface area contributed by atoms with Gasteiger partial charge in [-0.25, -0.2) is 15.0 Å². The number of aliphatic hydroxyl groups excluding tert-OH is 1. The molecule has 0 radical (unpaired) electrons. The van der Waals surface area contributed by atoms with Crippen molar-refractivity contribution in [2.45, 2.75) is 237 Å². The summed E-state index contributed by atoms with van der Waals surface area (Å²) in [7, 11) is 0. The maximum atomic E-state index is 12.7. The highest BCUT2D eigenvalue weighted by molar-refractivity contribution is 5.81. The Balaban J connectivity index is 1.27. The minimum Gasteiger partial charge on any atom is -0.463 e. The Hall–Kier alpha value is -2.87. The summed E-state index contributed by atoms with van der Waals surface area (Å²) in [4.78, 5) is 37.6. The number of ether oxygens (including phenoxy) is 5. The van der Waals surface area contributed by atoms with Gasteiger partial charge in [-0.05, 0) is 12.8 Å². The molecule has 3 rings (SSSR count). The quantitative estimate of drug-likeness (QED) is 0.0479. The number of aliphatic hydroxyl groups is 1. The van der Waals surface area contributed by atoms with Gasteiger partial charge in [-0.3, -0.25) is 14.2 Å². The summed E-state index contributed by atoms with van der Waals surface area (Å²) >= 11 is 0. The molecular formula is C49H87N5O8. The number of anilines is 1. The van der Waals surface area contributed by atoms with E-state index in [9.17, 15) is 14.7 Å². The Bertz CT molecular complexity index is 1410. The Kier molecular flexibility index (Phi) is 30.6. The fraction of sp³-hybridized carbons (Fsp3) is 0.857. The van der Waals surface area contributed by atoms with Gasteiger partial charge < -0.3 is 34.5 Å². The van der Waals surface area contributed by atoms with Gasteiger partial charge in [-0.15, -0.1) is 0 Å². The van der Waals surface area contributed by atoms with Gasteiger partial charge in [0.25, 0.3) is 0 Å². The van der Waals surface area contributed by atoms with E-state index in [1.807, 2.05) is 0 Å². The molecule has 3 N–H and O–H groups in total. The van der Waals surface area contributed by atoms with Crippen molar-refractivity contribution in [2.75, 3.05) is 38.8 Å². The zero-order valence-electron chi connectivity index (χ0n) is 39.1. The number of fused-ring (bicyclic) bond motifs is 1. The van der Waals surface area contributed by atoms with Crippen molar-refractivity contribution in [1.29, 1.82) is 0 Å². The molecule has 0 saturated carbocycles. The van der Waals surface area contributed by atoms with E-state index < -0.39 is 30.4 Å². The molecule has 0 aromatic carbocycles. The highest BCUT2D eigenvalue weighted by atomic mass is 16.6. The summed E-state index contributed by atoms with van der Waals surface area (Å²) in [5, 5.41) is 10.7. The van der Waals surface area contributed by atoms with Crippen molar-refractivity contribution in [1.82, 2.24) is 19.5 Å². The standard InChI is InChI=1S/C49H87N5O8/c1-3-5-7-9-11-13-15-17-19-21-23-25-27-29-33-58-36-42(59-34-30-28-26-24-22-20-18-16-14-12-10-8-6-4-2)38-61-45(57)32-31-44(56)60-37-41-35-43(55)49(62-41)54-40-53-46-47(50)51-39-52-48(46)54/h39-43,49,55H,3-38H2,1-2H3,(H2,50,51,52)/t41-,42?,43+,49+/m0/s1. The Morgan fingerprint density at radius 1 is 0.677 bits per heavy atom. The molecule has 62 heavy (non-hydrogen) atoms. The van der Waals surface area contributed by atoms with Crippen LogP contribution >= 0.6 is 0 Å². The van der Waals surface area contributed by atoms with Crippen LogP contribution in [-0.4, -0.2) is 87.9 Å². The third-order valence-corrected chi connectivity index (χ3v) is 12.0. The minimum absolute atomic E-state index is 0.0585. The van der Waals surface area contributed by atoms with Crippen molar-refractivity contribution in [3.63, 3.8) is 0 Å². The van der Waals surface area contributed by atoms with E-state index in [1.165, 1.54) is 167 Å². The van der Waals surface area contributed by atoms with Gasteiger partial charge in [0, 0.05) is 19.6 Å². The summed E-state index contributed by atoms with van der Waals surface area (Å²) in [6.45, 7) is 6.21. The lowest BCUT2D eigenvalue weighted by atomic mass is 10.0. The van der Waals surface area contributed by atoms with Crippen LogP contribution in [-0.2, 0) is 33.3 Å². The number of rotatable bonds is 41. The smallest absolute Gasteiger partial charge is 0.306 e. The molecule has 2 aromatic heterocycles. The van der Waals surface area contributed by atoms with Crippen molar-refractivity contribution in [2.24, 2.45) is 0 Å². The topological polar surface area (TPSA) is 170 Å². The zero-order chi connectivity index (χ0) is 44.3. The minimum atomic E-state index is -0.866. The first-order chi connectivity index (χ1) is 30.4. The second-order valence-electron chi connectivity index (χ2n) is 17.7. The number of imidazole rings is 1. The molecule has 0 amide bonds. The number of carbonyl (C=O) groups excluding carboxylic acids is 2. The van der Waals surface area contributed by atoms with Gasteiger partial charge >= 0.3 is 11.9 Å². The van der Waals surface area contributed by atoms with Crippen molar-refractivity contribution in [3.05, 3.63) is 12.7 Å². The molecule has 13 nitrogen and oxygen atoms in total. The van der Waals surface area contributed by atoms with E-state index in [4.69, 9.17) is 29.4 Å². The summed E-state index contributed by atoms with van der Waals surface area (Å²) in [5.41, 5.74) is 6.75. The van der Waals surface area contributed by atoms with Crippen LogP contribution in [0.5, 0.6) is 0 Å². The molecule has 356 valence electrons. The van der Waals surface area contributed by atoms with Gasteiger partial charge in [0.05, 0.1) is 31.9 Å². The molecule has 0 spiro atoms. The van der Waals surface area contributed by atoms with Crippen LogP contribution in [0.3, 0.4) is 0 Å². The Labute approximate surface area is 374 Å². The number of carbonyl (C=O) groups is 2. The van der Waals surface area contributed by atoms with Crippen molar-refractivity contribution < 1.29 is 38.4 Å². The number of unbranched alkanes of at least 4 members (excludes halogenated alkanes) is 26. The highest BCUT2D eigenvalue weighted by Gasteiger charge is 2.37. The van der Waals surface area contributed by atoms with E-state index in [0.717, 1.165) is 25.7 Å². The molecule has 2 aromatic rings. The number of hydrogen-bond donors (Lipinski definition) is 2. The maximum absolute atomic E-state index is 12.7. The largest absolute Gasteiger partial charge is 0.463 e.